The Labute approximate surface area is 128 Å². The quantitative estimate of drug-likeness (QED) is 0.849. The van der Waals surface area contributed by atoms with E-state index >= 15 is 0 Å². The third-order valence-corrected chi connectivity index (χ3v) is 5.61. The molecule has 2 N–H and O–H groups in total. The van der Waals surface area contributed by atoms with Gasteiger partial charge in [-0.25, -0.2) is 13.1 Å². The topological polar surface area (TPSA) is 58.2 Å². The van der Waals surface area contributed by atoms with Gasteiger partial charge in [-0.05, 0) is 42.0 Å². The van der Waals surface area contributed by atoms with Crippen LogP contribution in [0.4, 0.5) is 0 Å². The molecule has 4 nitrogen and oxygen atoms in total. The second-order valence-corrected chi connectivity index (χ2v) is 8.70. The van der Waals surface area contributed by atoms with E-state index in [0.717, 1.165) is 17.5 Å². The zero-order chi connectivity index (χ0) is 15.8. The smallest absolute Gasteiger partial charge is 0.240 e. The number of hydrogen-bond acceptors (Lipinski definition) is 3. The van der Waals surface area contributed by atoms with Gasteiger partial charge in [0.2, 0.25) is 10.0 Å². The van der Waals surface area contributed by atoms with Crippen LogP contribution in [0.2, 0.25) is 0 Å². The first-order chi connectivity index (χ1) is 9.62. The maximum atomic E-state index is 12.4. The van der Waals surface area contributed by atoms with Crippen molar-refractivity contribution in [1.29, 1.82) is 0 Å². The minimum Gasteiger partial charge on any atom is -0.310 e. The van der Waals surface area contributed by atoms with E-state index in [2.05, 4.69) is 37.7 Å². The van der Waals surface area contributed by atoms with Crippen molar-refractivity contribution in [2.24, 2.45) is 5.41 Å². The molecule has 0 heterocycles. The summed E-state index contributed by atoms with van der Waals surface area (Å²) in [5, 5.41) is 3.33. The molecule has 0 aromatic heterocycles. The summed E-state index contributed by atoms with van der Waals surface area (Å²) in [4.78, 5) is 0.358. The second kappa shape index (κ2) is 5.71. The van der Waals surface area contributed by atoms with Crippen LogP contribution in [0, 0.1) is 12.3 Å². The zero-order valence-corrected chi connectivity index (χ0v) is 14.3. The Hall–Kier alpha value is -0.910. The average Bonchev–Trinajstić information content (AvgIpc) is 2.93. The van der Waals surface area contributed by atoms with Gasteiger partial charge in [0.1, 0.15) is 0 Å². The number of hydrogen-bond donors (Lipinski definition) is 2. The van der Waals surface area contributed by atoms with Crippen LogP contribution in [0.15, 0.2) is 23.1 Å². The molecule has 1 unspecified atom stereocenters. The van der Waals surface area contributed by atoms with Gasteiger partial charge >= 0.3 is 0 Å². The summed E-state index contributed by atoms with van der Waals surface area (Å²) < 4.78 is 27.7. The van der Waals surface area contributed by atoms with E-state index in [1.54, 1.807) is 12.1 Å². The van der Waals surface area contributed by atoms with E-state index in [0.29, 0.717) is 17.5 Å². The fraction of sp³-hybridized carbons (Fsp3) is 0.625. The highest BCUT2D eigenvalue weighted by Crippen LogP contribution is 2.45. The van der Waals surface area contributed by atoms with Crippen LogP contribution >= 0.6 is 0 Å². The summed E-state index contributed by atoms with van der Waals surface area (Å²) in [6, 6.07) is 5.77. The highest BCUT2D eigenvalue weighted by Gasteiger charge is 2.47. The fourth-order valence-electron chi connectivity index (χ4n) is 2.24. The molecule has 0 spiro atoms. The molecule has 0 amide bonds. The lowest BCUT2D eigenvalue weighted by atomic mass is 10.1. The van der Waals surface area contributed by atoms with Crippen LogP contribution in [0.3, 0.4) is 0 Å². The molecule has 2 rings (SSSR count). The first-order valence-corrected chi connectivity index (χ1v) is 8.95. The van der Waals surface area contributed by atoms with Crippen molar-refractivity contribution in [2.45, 2.75) is 64.6 Å². The van der Waals surface area contributed by atoms with Gasteiger partial charge in [0.15, 0.2) is 0 Å². The molecule has 0 aliphatic heterocycles. The van der Waals surface area contributed by atoms with Crippen molar-refractivity contribution in [1.82, 2.24) is 10.0 Å². The SMILES string of the molecule is Cc1ccc(S(=O)(=O)NC2CC2(C)C)cc1CNC(C)C. The van der Waals surface area contributed by atoms with Crippen molar-refractivity contribution >= 4 is 10.0 Å². The molecule has 0 saturated heterocycles. The minimum absolute atomic E-state index is 0.0565. The molecular weight excluding hydrogens is 284 g/mol. The highest BCUT2D eigenvalue weighted by molar-refractivity contribution is 7.89. The van der Waals surface area contributed by atoms with Gasteiger partial charge in [-0.2, -0.15) is 0 Å². The molecule has 0 bridgehead atoms. The maximum Gasteiger partial charge on any atom is 0.240 e. The molecule has 21 heavy (non-hydrogen) atoms. The molecule has 1 fully saturated rings. The van der Waals surface area contributed by atoms with E-state index in [-0.39, 0.29) is 11.5 Å². The summed E-state index contributed by atoms with van der Waals surface area (Å²) in [6.07, 6.45) is 0.903. The predicted octanol–water partition coefficient (Wildman–Crippen LogP) is 2.57. The first kappa shape index (κ1) is 16.5. The van der Waals surface area contributed by atoms with Gasteiger partial charge in [0.05, 0.1) is 4.90 Å². The van der Waals surface area contributed by atoms with E-state index in [4.69, 9.17) is 0 Å². The second-order valence-electron chi connectivity index (χ2n) is 6.99. The van der Waals surface area contributed by atoms with Crippen LogP contribution in [0.25, 0.3) is 0 Å². The predicted molar refractivity (Wildman–Crippen MR) is 85.7 cm³/mol. The molecule has 1 aromatic rings. The third-order valence-electron chi connectivity index (χ3n) is 4.14. The van der Waals surface area contributed by atoms with E-state index in [1.165, 1.54) is 0 Å². The maximum absolute atomic E-state index is 12.4. The number of benzene rings is 1. The van der Waals surface area contributed by atoms with Gasteiger partial charge in [0, 0.05) is 18.6 Å². The lowest BCUT2D eigenvalue weighted by Crippen LogP contribution is -2.29. The Morgan fingerprint density at radius 2 is 1.95 bits per heavy atom. The van der Waals surface area contributed by atoms with Crippen LogP contribution in [0.1, 0.15) is 45.2 Å². The minimum atomic E-state index is -3.42. The van der Waals surface area contributed by atoms with Crippen molar-refractivity contribution in [3.05, 3.63) is 29.3 Å². The van der Waals surface area contributed by atoms with Gasteiger partial charge in [-0.3, -0.25) is 0 Å². The van der Waals surface area contributed by atoms with Gasteiger partial charge in [-0.1, -0.05) is 33.8 Å². The summed E-state index contributed by atoms with van der Waals surface area (Å²) in [5.41, 5.74) is 2.22. The van der Waals surface area contributed by atoms with Gasteiger partial charge in [0.25, 0.3) is 0 Å². The van der Waals surface area contributed by atoms with Gasteiger partial charge < -0.3 is 5.32 Å². The normalized spacial score (nSPS) is 20.8. The van der Waals surface area contributed by atoms with E-state index in [9.17, 15) is 8.42 Å². The molecule has 1 aliphatic carbocycles. The Morgan fingerprint density at radius 3 is 2.48 bits per heavy atom. The van der Waals surface area contributed by atoms with Crippen LogP contribution in [0.5, 0.6) is 0 Å². The lowest BCUT2D eigenvalue weighted by molar-refractivity contribution is 0.554. The number of sulfonamides is 1. The van der Waals surface area contributed by atoms with Crippen molar-refractivity contribution in [2.75, 3.05) is 0 Å². The van der Waals surface area contributed by atoms with E-state index < -0.39 is 10.0 Å². The fourth-order valence-corrected chi connectivity index (χ4v) is 3.70. The van der Waals surface area contributed by atoms with E-state index in [1.807, 2.05) is 13.0 Å². The molecule has 1 atom stereocenters. The molecule has 1 aromatic carbocycles. The standard InChI is InChI=1S/C16H26N2O2S/c1-11(2)17-10-13-8-14(7-6-12(13)3)21(19,20)18-15-9-16(15,4)5/h6-8,11,15,17-18H,9-10H2,1-5H3. The number of nitrogens with one attached hydrogen (secondary N) is 2. The Morgan fingerprint density at radius 1 is 1.33 bits per heavy atom. The lowest BCUT2D eigenvalue weighted by Gasteiger charge is -2.13. The summed E-state index contributed by atoms with van der Waals surface area (Å²) >= 11 is 0. The number of aryl methyl sites for hydroxylation is 1. The van der Waals surface area contributed by atoms with Crippen molar-refractivity contribution < 1.29 is 8.42 Å². The van der Waals surface area contributed by atoms with Crippen LogP contribution in [-0.4, -0.2) is 20.5 Å². The Kier molecular flexibility index (Phi) is 4.47. The van der Waals surface area contributed by atoms with Crippen LogP contribution in [-0.2, 0) is 16.6 Å². The van der Waals surface area contributed by atoms with Crippen LogP contribution < -0.4 is 10.0 Å². The van der Waals surface area contributed by atoms with Crippen molar-refractivity contribution in [3.63, 3.8) is 0 Å². The Balaban J connectivity index is 2.17. The average molecular weight is 310 g/mol. The third kappa shape index (κ3) is 4.05. The molecule has 118 valence electrons. The molecule has 5 heteroatoms. The highest BCUT2D eigenvalue weighted by atomic mass is 32.2. The molecule has 1 aliphatic rings. The van der Waals surface area contributed by atoms with Crippen molar-refractivity contribution in [3.8, 4) is 0 Å². The first-order valence-electron chi connectivity index (χ1n) is 7.47. The monoisotopic (exact) mass is 310 g/mol. The number of rotatable bonds is 6. The Bertz CT molecular complexity index is 621. The molecule has 0 radical (unpaired) electrons. The largest absolute Gasteiger partial charge is 0.310 e. The summed E-state index contributed by atoms with van der Waals surface area (Å²) in [6.45, 7) is 11.0. The summed E-state index contributed by atoms with van der Waals surface area (Å²) in [7, 11) is -3.42. The molecule has 1 saturated carbocycles. The molecular formula is C16H26N2O2S. The zero-order valence-electron chi connectivity index (χ0n) is 13.5. The van der Waals surface area contributed by atoms with Gasteiger partial charge in [-0.15, -0.1) is 0 Å². The summed E-state index contributed by atoms with van der Waals surface area (Å²) in [5.74, 6) is 0.